The Morgan fingerprint density at radius 2 is 1.62 bits per heavy atom. The number of ether oxygens (including phenoxy) is 1. The fourth-order valence-electron chi connectivity index (χ4n) is 2.13. The van der Waals surface area contributed by atoms with E-state index < -0.39 is 4.92 Å². The number of hydrogen-bond donors (Lipinski definition) is 0. The van der Waals surface area contributed by atoms with Crippen LogP contribution >= 0.6 is 15.9 Å². The molecular weight excluding hydrogens is 334 g/mol. The van der Waals surface area contributed by atoms with Gasteiger partial charge in [-0.15, -0.1) is 0 Å². The average Bonchev–Trinajstić information content (AvgIpc) is 2.49. The summed E-state index contributed by atoms with van der Waals surface area (Å²) < 4.78 is 5.55. The highest BCUT2D eigenvalue weighted by Gasteiger charge is 2.05. The zero-order chi connectivity index (χ0) is 15.3. The minimum Gasteiger partial charge on any atom is -0.493 e. The molecule has 0 saturated carbocycles. The number of nitrogens with zero attached hydrogens (tertiary/aromatic N) is 1. The van der Waals surface area contributed by atoms with E-state index >= 15 is 0 Å². The lowest BCUT2D eigenvalue weighted by Crippen LogP contribution is -1.98. The summed E-state index contributed by atoms with van der Waals surface area (Å²) in [5, 5.41) is 11.8. The predicted octanol–water partition coefficient (Wildman–Crippen LogP) is 5.49. The molecule has 118 valence electrons. The number of benzene rings is 1. The fourth-order valence-corrected chi connectivity index (χ4v) is 2.53. The van der Waals surface area contributed by atoms with Gasteiger partial charge in [0.25, 0.3) is 5.69 Å². The molecule has 0 spiro atoms. The van der Waals surface area contributed by atoms with Crippen LogP contribution in [-0.4, -0.2) is 16.9 Å². The molecule has 0 unspecified atom stereocenters. The summed E-state index contributed by atoms with van der Waals surface area (Å²) in [5.74, 6) is 0.582. The van der Waals surface area contributed by atoms with Crippen molar-refractivity contribution in [3.05, 3.63) is 34.4 Å². The SMILES string of the molecule is O=[N+]([O-])c1cccc(OCCCCCCCCCCBr)c1. The smallest absolute Gasteiger partial charge is 0.273 e. The summed E-state index contributed by atoms with van der Waals surface area (Å²) in [7, 11) is 0. The molecule has 0 atom stereocenters. The molecule has 0 N–H and O–H groups in total. The van der Waals surface area contributed by atoms with Crippen molar-refractivity contribution in [3.63, 3.8) is 0 Å². The average molecular weight is 358 g/mol. The van der Waals surface area contributed by atoms with Crippen LogP contribution in [-0.2, 0) is 0 Å². The maximum atomic E-state index is 10.6. The van der Waals surface area contributed by atoms with E-state index in [4.69, 9.17) is 4.74 Å². The van der Waals surface area contributed by atoms with E-state index in [0.29, 0.717) is 12.4 Å². The highest BCUT2D eigenvalue weighted by molar-refractivity contribution is 9.09. The number of non-ortho nitro benzene ring substituents is 1. The zero-order valence-electron chi connectivity index (χ0n) is 12.4. The van der Waals surface area contributed by atoms with Crippen molar-refractivity contribution in [2.45, 2.75) is 51.4 Å². The molecule has 0 radical (unpaired) electrons. The third kappa shape index (κ3) is 8.71. The van der Waals surface area contributed by atoms with Gasteiger partial charge in [0.05, 0.1) is 17.6 Å². The Hall–Kier alpha value is -1.10. The van der Waals surface area contributed by atoms with Gasteiger partial charge in [-0.1, -0.05) is 60.5 Å². The summed E-state index contributed by atoms with van der Waals surface area (Å²) >= 11 is 3.44. The Morgan fingerprint density at radius 3 is 2.24 bits per heavy atom. The summed E-state index contributed by atoms with van der Waals surface area (Å²) in [6.45, 7) is 0.630. The van der Waals surface area contributed by atoms with Gasteiger partial charge in [-0.2, -0.15) is 0 Å². The highest BCUT2D eigenvalue weighted by atomic mass is 79.9. The van der Waals surface area contributed by atoms with Crippen molar-refractivity contribution in [2.75, 3.05) is 11.9 Å². The molecule has 4 nitrogen and oxygen atoms in total. The lowest BCUT2D eigenvalue weighted by Gasteiger charge is -2.06. The molecule has 21 heavy (non-hydrogen) atoms. The van der Waals surface area contributed by atoms with E-state index in [1.165, 1.54) is 50.7 Å². The molecule has 0 bridgehead atoms. The first kappa shape index (κ1) is 18.0. The second-order valence-electron chi connectivity index (χ2n) is 5.12. The number of unbranched alkanes of at least 4 members (excludes halogenated alkanes) is 7. The molecule has 0 fully saturated rings. The number of alkyl halides is 1. The summed E-state index contributed by atoms with van der Waals surface area (Å²) in [6.07, 6.45) is 9.94. The number of hydrogen-bond acceptors (Lipinski definition) is 3. The Balaban J connectivity index is 2.01. The van der Waals surface area contributed by atoms with Crippen LogP contribution in [0.4, 0.5) is 5.69 Å². The maximum absolute atomic E-state index is 10.6. The molecule has 0 aliphatic carbocycles. The first-order valence-corrected chi connectivity index (χ1v) is 8.79. The van der Waals surface area contributed by atoms with Gasteiger partial charge in [-0.25, -0.2) is 0 Å². The van der Waals surface area contributed by atoms with Crippen LogP contribution in [0.1, 0.15) is 51.4 Å². The zero-order valence-corrected chi connectivity index (χ0v) is 14.0. The Kier molecular flexibility index (Phi) is 9.87. The molecule has 0 saturated heterocycles. The Bertz CT molecular complexity index is 412. The van der Waals surface area contributed by atoms with Crippen molar-refractivity contribution in [2.24, 2.45) is 0 Å². The molecule has 0 aliphatic rings. The molecular formula is C16H24BrNO3. The van der Waals surface area contributed by atoms with Crippen LogP contribution in [0.2, 0.25) is 0 Å². The van der Waals surface area contributed by atoms with Crippen molar-refractivity contribution in [1.82, 2.24) is 0 Å². The molecule has 1 aromatic rings. The lowest BCUT2D eigenvalue weighted by atomic mass is 10.1. The van der Waals surface area contributed by atoms with Crippen molar-refractivity contribution < 1.29 is 9.66 Å². The molecule has 1 aromatic carbocycles. The van der Waals surface area contributed by atoms with E-state index in [1.807, 2.05) is 0 Å². The summed E-state index contributed by atoms with van der Waals surface area (Å²) in [5.41, 5.74) is 0.0796. The van der Waals surface area contributed by atoms with Crippen LogP contribution in [0.5, 0.6) is 5.75 Å². The van der Waals surface area contributed by atoms with Crippen molar-refractivity contribution >= 4 is 21.6 Å². The number of nitro benzene ring substituents is 1. The van der Waals surface area contributed by atoms with E-state index in [-0.39, 0.29) is 5.69 Å². The summed E-state index contributed by atoms with van der Waals surface area (Å²) in [6, 6.07) is 6.36. The van der Waals surface area contributed by atoms with Gasteiger partial charge in [0.15, 0.2) is 0 Å². The van der Waals surface area contributed by atoms with Gasteiger partial charge in [0.1, 0.15) is 5.75 Å². The molecule has 1 rings (SSSR count). The monoisotopic (exact) mass is 357 g/mol. The minimum atomic E-state index is -0.400. The van der Waals surface area contributed by atoms with Gasteiger partial charge in [0.2, 0.25) is 0 Å². The number of rotatable bonds is 12. The first-order chi connectivity index (χ1) is 10.2. The van der Waals surface area contributed by atoms with Crippen molar-refractivity contribution in [1.29, 1.82) is 0 Å². The Morgan fingerprint density at radius 1 is 1.00 bits per heavy atom. The van der Waals surface area contributed by atoms with Crippen LogP contribution < -0.4 is 4.74 Å². The standard InChI is InChI=1S/C16H24BrNO3/c17-12-7-5-3-1-2-4-6-8-13-21-16-11-9-10-15(14-16)18(19)20/h9-11,14H,1-8,12-13H2. The normalized spacial score (nSPS) is 10.5. The van der Waals surface area contributed by atoms with Gasteiger partial charge in [0, 0.05) is 11.4 Å². The molecule has 0 aromatic heterocycles. The second-order valence-corrected chi connectivity index (χ2v) is 5.91. The minimum absolute atomic E-state index is 0.0796. The molecule has 5 heteroatoms. The van der Waals surface area contributed by atoms with Crippen LogP contribution in [0.15, 0.2) is 24.3 Å². The largest absolute Gasteiger partial charge is 0.493 e. The van der Waals surface area contributed by atoms with E-state index in [2.05, 4.69) is 15.9 Å². The fraction of sp³-hybridized carbons (Fsp3) is 0.625. The lowest BCUT2D eigenvalue weighted by molar-refractivity contribution is -0.384. The molecule has 0 aliphatic heterocycles. The highest BCUT2D eigenvalue weighted by Crippen LogP contribution is 2.19. The predicted molar refractivity (Wildman–Crippen MR) is 89.3 cm³/mol. The number of halogens is 1. The van der Waals surface area contributed by atoms with Crippen LogP contribution in [0.25, 0.3) is 0 Å². The third-order valence-electron chi connectivity index (χ3n) is 3.33. The van der Waals surface area contributed by atoms with Crippen LogP contribution in [0, 0.1) is 10.1 Å². The van der Waals surface area contributed by atoms with Gasteiger partial charge >= 0.3 is 0 Å². The van der Waals surface area contributed by atoms with E-state index in [1.54, 1.807) is 12.1 Å². The van der Waals surface area contributed by atoms with E-state index in [9.17, 15) is 10.1 Å². The van der Waals surface area contributed by atoms with Gasteiger partial charge in [-0.05, 0) is 18.9 Å². The topological polar surface area (TPSA) is 52.4 Å². The van der Waals surface area contributed by atoms with Crippen molar-refractivity contribution in [3.8, 4) is 5.75 Å². The summed E-state index contributed by atoms with van der Waals surface area (Å²) in [4.78, 5) is 10.2. The third-order valence-corrected chi connectivity index (χ3v) is 3.89. The Labute approximate surface area is 135 Å². The van der Waals surface area contributed by atoms with Gasteiger partial charge < -0.3 is 4.74 Å². The first-order valence-electron chi connectivity index (χ1n) is 7.67. The van der Waals surface area contributed by atoms with Crippen LogP contribution in [0.3, 0.4) is 0 Å². The molecule has 0 heterocycles. The molecule has 0 amide bonds. The van der Waals surface area contributed by atoms with E-state index in [0.717, 1.165) is 18.2 Å². The second kappa shape index (κ2) is 11.5. The number of nitro groups is 1. The van der Waals surface area contributed by atoms with Gasteiger partial charge in [-0.3, -0.25) is 10.1 Å². The quantitative estimate of drug-likeness (QED) is 0.215. The maximum Gasteiger partial charge on any atom is 0.273 e.